The van der Waals surface area contributed by atoms with Crippen molar-refractivity contribution >= 4 is 5.91 Å². The largest absolute Gasteiger partial charge is 0.378 e. The van der Waals surface area contributed by atoms with E-state index in [0.29, 0.717) is 24.4 Å². The molecule has 0 atom stereocenters. The first-order valence-electron chi connectivity index (χ1n) is 7.53. The molecule has 2 heterocycles. The molecule has 2 rings (SSSR count). The number of nitrogens with two attached hydrogens (primary N) is 1. The molecule has 0 saturated carbocycles. The maximum Gasteiger partial charge on any atom is 0.255 e. The molecule has 1 aromatic heterocycles. The van der Waals surface area contributed by atoms with E-state index in [-0.39, 0.29) is 12.0 Å². The van der Waals surface area contributed by atoms with Crippen molar-refractivity contribution in [3.63, 3.8) is 0 Å². The summed E-state index contributed by atoms with van der Waals surface area (Å²) < 4.78 is 5.76. The van der Waals surface area contributed by atoms with E-state index in [1.54, 1.807) is 0 Å². The van der Waals surface area contributed by atoms with Crippen molar-refractivity contribution in [2.45, 2.75) is 39.2 Å². The van der Waals surface area contributed by atoms with E-state index < -0.39 is 0 Å². The van der Waals surface area contributed by atoms with Crippen LogP contribution in [0.2, 0.25) is 0 Å². The number of hydrogen-bond acceptors (Lipinski definition) is 5. The summed E-state index contributed by atoms with van der Waals surface area (Å²) in [5, 5.41) is 8.00. The molecular formula is C15H24N4O2. The third-order valence-corrected chi connectivity index (χ3v) is 3.76. The summed E-state index contributed by atoms with van der Waals surface area (Å²) in [6.45, 7) is 6.50. The van der Waals surface area contributed by atoms with E-state index in [1.807, 2.05) is 24.8 Å². The second-order valence-corrected chi connectivity index (χ2v) is 5.49. The van der Waals surface area contributed by atoms with E-state index in [1.165, 1.54) is 0 Å². The lowest BCUT2D eigenvalue weighted by Crippen LogP contribution is -2.41. The minimum absolute atomic E-state index is 0.0471. The number of aryl methyl sites for hydroxylation is 2. The Hall–Kier alpha value is -1.53. The highest BCUT2D eigenvalue weighted by Crippen LogP contribution is 2.17. The van der Waals surface area contributed by atoms with Crippen LogP contribution in [0, 0.1) is 13.8 Å². The highest BCUT2D eigenvalue weighted by Gasteiger charge is 2.25. The smallest absolute Gasteiger partial charge is 0.255 e. The molecule has 1 saturated heterocycles. The molecule has 1 amide bonds. The number of hydrogen-bond donors (Lipinski definition) is 1. The fourth-order valence-electron chi connectivity index (χ4n) is 2.50. The molecule has 1 aliphatic rings. The van der Waals surface area contributed by atoms with Gasteiger partial charge in [-0.15, -0.1) is 0 Å². The summed E-state index contributed by atoms with van der Waals surface area (Å²) in [6.07, 6.45) is 2.90. The van der Waals surface area contributed by atoms with Crippen LogP contribution >= 0.6 is 0 Å². The summed E-state index contributed by atoms with van der Waals surface area (Å²) in [5.41, 5.74) is 7.56. The first-order valence-corrected chi connectivity index (χ1v) is 7.53. The molecule has 0 spiro atoms. The first-order chi connectivity index (χ1) is 10.1. The highest BCUT2D eigenvalue weighted by atomic mass is 16.5. The molecule has 0 radical (unpaired) electrons. The summed E-state index contributed by atoms with van der Waals surface area (Å²) in [5.74, 6) is 0.0471. The molecule has 0 aromatic carbocycles. The van der Waals surface area contributed by atoms with Crippen molar-refractivity contribution in [1.82, 2.24) is 15.1 Å². The molecule has 0 unspecified atom stereocenters. The van der Waals surface area contributed by atoms with Crippen LogP contribution in [0.3, 0.4) is 0 Å². The van der Waals surface area contributed by atoms with Gasteiger partial charge in [0.15, 0.2) is 0 Å². The van der Waals surface area contributed by atoms with Gasteiger partial charge in [-0.3, -0.25) is 4.79 Å². The summed E-state index contributed by atoms with van der Waals surface area (Å²) >= 11 is 0. The van der Waals surface area contributed by atoms with Crippen LogP contribution in [-0.4, -0.2) is 53.3 Å². The van der Waals surface area contributed by atoms with Gasteiger partial charge >= 0.3 is 0 Å². The maximum atomic E-state index is 12.5. The van der Waals surface area contributed by atoms with Crippen molar-refractivity contribution in [3.8, 4) is 0 Å². The highest BCUT2D eigenvalue weighted by molar-refractivity contribution is 5.95. The van der Waals surface area contributed by atoms with Crippen molar-refractivity contribution in [1.29, 1.82) is 0 Å². The average molecular weight is 292 g/mol. The normalized spacial score (nSPS) is 16.2. The topological polar surface area (TPSA) is 81.3 Å². The van der Waals surface area contributed by atoms with Crippen LogP contribution in [0.1, 0.15) is 41.0 Å². The Morgan fingerprint density at radius 3 is 2.76 bits per heavy atom. The minimum atomic E-state index is 0.0471. The molecule has 0 bridgehead atoms. The van der Waals surface area contributed by atoms with Gasteiger partial charge in [0.25, 0.3) is 5.91 Å². The van der Waals surface area contributed by atoms with E-state index in [4.69, 9.17) is 10.5 Å². The van der Waals surface area contributed by atoms with Crippen LogP contribution in [0.4, 0.5) is 0 Å². The monoisotopic (exact) mass is 292 g/mol. The van der Waals surface area contributed by atoms with Gasteiger partial charge in [-0.05, 0) is 45.7 Å². The number of carbonyl (C=O) groups is 1. The summed E-state index contributed by atoms with van der Waals surface area (Å²) in [7, 11) is 0. The first kappa shape index (κ1) is 15.9. The van der Waals surface area contributed by atoms with Crippen LogP contribution < -0.4 is 5.73 Å². The lowest BCUT2D eigenvalue weighted by molar-refractivity contribution is 0.00841. The number of nitrogens with zero attached hydrogens (tertiary/aromatic N) is 3. The van der Waals surface area contributed by atoms with Crippen molar-refractivity contribution in [2.24, 2.45) is 5.73 Å². The number of carbonyl (C=O) groups excluding carboxylic acids is 1. The second-order valence-electron chi connectivity index (χ2n) is 5.49. The molecule has 21 heavy (non-hydrogen) atoms. The zero-order valence-corrected chi connectivity index (χ0v) is 12.8. The Kier molecular flexibility index (Phi) is 5.64. The molecule has 6 nitrogen and oxygen atoms in total. The Bertz CT molecular complexity index is 485. The maximum absolute atomic E-state index is 12.5. The van der Waals surface area contributed by atoms with Crippen LogP contribution in [-0.2, 0) is 4.74 Å². The fourth-order valence-corrected chi connectivity index (χ4v) is 2.50. The van der Waals surface area contributed by atoms with Crippen LogP contribution in [0.15, 0.2) is 6.07 Å². The Labute approximate surface area is 125 Å². The molecule has 1 fully saturated rings. The number of piperidine rings is 1. The van der Waals surface area contributed by atoms with E-state index in [0.717, 1.165) is 38.0 Å². The average Bonchev–Trinajstić information content (AvgIpc) is 2.50. The standard InChI is InChI=1S/C15H24N4O2/c1-11-10-14(12(2)18-17-11)15(20)19-7-4-13(5-8-19)21-9-3-6-16/h10,13H,3-9,16H2,1-2H3. The molecule has 6 heteroatoms. The van der Waals surface area contributed by atoms with Gasteiger partial charge in [0.2, 0.25) is 0 Å². The van der Waals surface area contributed by atoms with Gasteiger partial charge in [0.1, 0.15) is 0 Å². The lowest BCUT2D eigenvalue weighted by atomic mass is 10.1. The predicted octanol–water partition coefficient (Wildman–Crippen LogP) is 1.06. The third kappa shape index (κ3) is 4.22. The Morgan fingerprint density at radius 2 is 2.10 bits per heavy atom. The zero-order valence-electron chi connectivity index (χ0n) is 12.8. The molecule has 1 aromatic rings. The van der Waals surface area contributed by atoms with Crippen molar-refractivity contribution in [3.05, 3.63) is 23.0 Å². The van der Waals surface area contributed by atoms with Crippen LogP contribution in [0.25, 0.3) is 0 Å². The van der Waals surface area contributed by atoms with Gasteiger partial charge in [-0.2, -0.15) is 10.2 Å². The van der Waals surface area contributed by atoms with Gasteiger partial charge in [-0.25, -0.2) is 0 Å². The lowest BCUT2D eigenvalue weighted by Gasteiger charge is -2.32. The fraction of sp³-hybridized carbons (Fsp3) is 0.667. The van der Waals surface area contributed by atoms with Crippen LogP contribution in [0.5, 0.6) is 0 Å². The predicted molar refractivity (Wildman–Crippen MR) is 80.1 cm³/mol. The molecule has 1 aliphatic heterocycles. The molecule has 2 N–H and O–H groups in total. The number of amides is 1. The summed E-state index contributed by atoms with van der Waals surface area (Å²) in [4.78, 5) is 14.4. The molecular weight excluding hydrogens is 268 g/mol. The SMILES string of the molecule is Cc1cc(C(=O)N2CCC(OCCCN)CC2)c(C)nn1. The number of aromatic nitrogens is 2. The van der Waals surface area contributed by atoms with Crippen molar-refractivity contribution in [2.75, 3.05) is 26.2 Å². The quantitative estimate of drug-likeness (QED) is 0.821. The number of ether oxygens (including phenoxy) is 1. The van der Waals surface area contributed by atoms with Crippen molar-refractivity contribution < 1.29 is 9.53 Å². The van der Waals surface area contributed by atoms with Gasteiger partial charge in [0, 0.05) is 19.7 Å². The van der Waals surface area contributed by atoms with E-state index in [2.05, 4.69) is 10.2 Å². The molecule has 116 valence electrons. The third-order valence-electron chi connectivity index (χ3n) is 3.76. The van der Waals surface area contributed by atoms with E-state index in [9.17, 15) is 4.79 Å². The summed E-state index contributed by atoms with van der Waals surface area (Å²) in [6, 6.07) is 1.81. The zero-order chi connectivity index (χ0) is 15.2. The number of rotatable bonds is 5. The van der Waals surface area contributed by atoms with Gasteiger partial charge in [-0.1, -0.05) is 0 Å². The molecule has 0 aliphatic carbocycles. The van der Waals surface area contributed by atoms with E-state index >= 15 is 0 Å². The minimum Gasteiger partial charge on any atom is -0.378 e. The number of likely N-dealkylation sites (tertiary alicyclic amines) is 1. The van der Waals surface area contributed by atoms with Gasteiger partial charge in [0.05, 0.1) is 23.1 Å². The Morgan fingerprint density at radius 1 is 1.38 bits per heavy atom. The Balaban J connectivity index is 1.89. The second kappa shape index (κ2) is 7.47. The van der Waals surface area contributed by atoms with Gasteiger partial charge < -0.3 is 15.4 Å².